The van der Waals surface area contributed by atoms with Gasteiger partial charge in [0.2, 0.25) is 0 Å². The van der Waals surface area contributed by atoms with E-state index < -0.39 is 5.97 Å². The molecule has 4 rings (SSSR count). The maximum atomic E-state index is 11.1. The quantitative estimate of drug-likeness (QED) is 0.677. The van der Waals surface area contributed by atoms with Crippen LogP contribution < -0.4 is 9.80 Å². The van der Waals surface area contributed by atoms with Crippen LogP contribution in [0.1, 0.15) is 21.5 Å². The van der Waals surface area contributed by atoms with Gasteiger partial charge in [-0.25, -0.2) is 4.79 Å². The van der Waals surface area contributed by atoms with Crippen molar-refractivity contribution >= 4 is 23.0 Å². The van der Waals surface area contributed by atoms with Crippen LogP contribution in [0.25, 0.3) is 0 Å². The first-order valence-electron chi connectivity index (χ1n) is 7.16. The maximum Gasteiger partial charge on any atom is 0.335 e. The topological polar surface area (TPSA) is 86.9 Å². The minimum Gasteiger partial charge on any atom is -0.478 e. The highest BCUT2D eigenvalue weighted by atomic mass is 16.6. The van der Waals surface area contributed by atoms with E-state index in [9.17, 15) is 14.9 Å². The predicted octanol–water partition coefficient (Wildman–Crippen LogP) is 2.59. The molecule has 7 nitrogen and oxygen atoms in total. The lowest BCUT2D eigenvalue weighted by atomic mass is 9.99. The third-order valence-corrected chi connectivity index (χ3v) is 4.35. The minimum absolute atomic E-state index is 0.0903. The SMILES string of the molecule is O=C(O)c1ccc2c(c1)CN1CN2Cc2cc([N+](=O)[O-])ccc21. The molecular weight excluding hydrogens is 298 g/mol. The first-order chi connectivity index (χ1) is 11.0. The molecule has 2 bridgehead atoms. The van der Waals surface area contributed by atoms with Crippen molar-refractivity contribution < 1.29 is 14.8 Å². The van der Waals surface area contributed by atoms with Crippen molar-refractivity contribution in [2.75, 3.05) is 16.5 Å². The minimum atomic E-state index is -0.940. The Hall–Kier alpha value is -3.09. The molecule has 0 fully saturated rings. The molecule has 7 heteroatoms. The van der Waals surface area contributed by atoms with Gasteiger partial charge in [0.05, 0.1) is 17.2 Å². The molecule has 2 aliphatic heterocycles. The summed E-state index contributed by atoms with van der Waals surface area (Å²) in [5, 5.41) is 20.1. The van der Waals surface area contributed by atoms with E-state index in [2.05, 4.69) is 9.80 Å². The summed E-state index contributed by atoms with van der Waals surface area (Å²) >= 11 is 0. The molecule has 0 unspecified atom stereocenters. The van der Waals surface area contributed by atoms with E-state index in [1.54, 1.807) is 24.3 Å². The molecule has 0 saturated heterocycles. The van der Waals surface area contributed by atoms with Gasteiger partial charge in [0.15, 0.2) is 0 Å². The fourth-order valence-corrected chi connectivity index (χ4v) is 3.31. The molecule has 0 aromatic heterocycles. The molecule has 2 aromatic rings. The van der Waals surface area contributed by atoms with Crippen LogP contribution in [0, 0.1) is 10.1 Å². The Morgan fingerprint density at radius 3 is 2.26 bits per heavy atom. The van der Waals surface area contributed by atoms with Crippen molar-refractivity contribution in [2.45, 2.75) is 13.1 Å². The van der Waals surface area contributed by atoms with Gasteiger partial charge >= 0.3 is 5.97 Å². The van der Waals surface area contributed by atoms with Crippen LogP contribution in [0.4, 0.5) is 17.1 Å². The Kier molecular flexibility index (Phi) is 2.77. The normalized spacial score (nSPS) is 15.0. The number of nitro groups is 1. The van der Waals surface area contributed by atoms with Crippen molar-refractivity contribution in [1.82, 2.24) is 0 Å². The zero-order valence-corrected chi connectivity index (χ0v) is 12.1. The van der Waals surface area contributed by atoms with Crippen LogP contribution in [-0.2, 0) is 13.1 Å². The Balaban J connectivity index is 1.76. The highest BCUT2D eigenvalue weighted by Gasteiger charge is 2.30. The second-order valence-corrected chi connectivity index (χ2v) is 5.76. The largest absolute Gasteiger partial charge is 0.478 e. The lowest BCUT2D eigenvalue weighted by molar-refractivity contribution is -0.384. The van der Waals surface area contributed by atoms with Crippen LogP contribution in [-0.4, -0.2) is 22.7 Å². The molecule has 23 heavy (non-hydrogen) atoms. The number of non-ortho nitro benzene ring substituents is 1. The number of hydrogen-bond acceptors (Lipinski definition) is 5. The highest BCUT2D eigenvalue weighted by Crippen LogP contribution is 2.39. The molecule has 2 aliphatic rings. The van der Waals surface area contributed by atoms with Crippen LogP contribution in [0.5, 0.6) is 0 Å². The van der Waals surface area contributed by atoms with Gasteiger partial charge in [0, 0.05) is 42.2 Å². The van der Waals surface area contributed by atoms with Gasteiger partial charge in [-0.1, -0.05) is 0 Å². The molecule has 2 heterocycles. The smallest absolute Gasteiger partial charge is 0.335 e. The van der Waals surface area contributed by atoms with Crippen molar-refractivity contribution in [3.63, 3.8) is 0 Å². The van der Waals surface area contributed by atoms with E-state index in [0.717, 1.165) is 22.5 Å². The zero-order valence-electron chi connectivity index (χ0n) is 12.1. The highest BCUT2D eigenvalue weighted by molar-refractivity contribution is 5.89. The average molecular weight is 311 g/mol. The Labute approximate surface area is 131 Å². The summed E-state index contributed by atoms with van der Waals surface area (Å²) in [6.07, 6.45) is 0. The van der Waals surface area contributed by atoms with E-state index in [-0.39, 0.29) is 16.2 Å². The average Bonchev–Trinajstić information content (AvgIpc) is 2.53. The Morgan fingerprint density at radius 2 is 1.65 bits per heavy atom. The summed E-state index contributed by atoms with van der Waals surface area (Å²) in [6, 6.07) is 10.0. The number of fused-ring (bicyclic) bond motifs is 6. The first-order valence-corrected chi connectivity index (χ1v) is 7.16. The van der Waals surface area contributed by atoms with Gasteiger partial charge in [-0.2, -0.15) is 0 Å². The molecule has 0 radical (unpaired) electrons. The summed E-state index contributed by atoms with van der Waals surface area (Å²) < 4.78 is 0. The molecule has 1 N–H and O–H groups in total. The molecule has 0 aliphatic carbocycles. The number of nitrogens with zero attached hydrogens (tertiary/aromatic N) is 3. The summed E-state index contributed by atoms with van der Waals surface area (Å²) in [4.78, 5) is 25.9. The lowest BCUT2D eigenvalue weighted by Crippen LogP contribution is -2.46. The fraction of sp³-hybridized carbons (Fsp3) is 0.188. The monoisotopic (exact) mass is 311 g/mol. The predicted molar refractivity (Wildman–Crippen MR) is 83.7 cm³/mol. The van der Waals surface area contributed by atoms with E-state index in [0.29, 0.717) is 19.8 Å². The van der Waals surface area contributed by atoms with Gasteiger partial charge in [-0.05, 0) is 29.8 Å². The molecular formula is C16H13N3O4. The lowest BCUT2D eigenvalue weighted by Gasteiger charge is -2.44. The first kappa shape index (κ1) is 13.6. The van der Waals surface area contributed by atoms with Crippen molar-refractivity contribution in [2.24, 2.45) is 0 Å². The van der Waals surface area contributed by atoms with Gasteiger partial charge in [-0.3, -0.25) is 10.1 Å². The number of aromatic carboxylic acids is 1. The van der Waals surface area contributed by atoms with Gasteiger partial charge < -0.3 is 14.9 Å². The van der Waals surface area contributed by atoms with Crippen LogP contribution in [0.3, 0.4) is 0 Å². The Morgan fingerprint density at radius 1 is 1.04 bits per heavy atom. The third-order valence-electron chi connectivity index (χ3n) is 4.35. The number of hydrogen-bond donors (Lipinski definition) is 1. The number of carboxylic acids is 1. The van der Waals surface area contributed by atoms with Crippen molar-refractivity contribution in [3.8, 4) is 0 Å². The molecule has 116 valence electrons. The molecule has 0 atom stereocenters. The number of rotatable bonds is 2. The van der Waals surface area contributed by atoms with Crippen LogP contribution >= 0.6 is 0 Å². The number of carbonyl (C=O) groups is 1. The van der Waals surface area contributed by atoms with E-state index in [4.69, 9.17) is 5.11 Å². The third kappa shape index (κ3) is 2.09. The Bertz CT molecular complexity index is 780. The molecule has 0 spiro atoms. The summed E-state index contributed by atoms with van der Waals surface area (Å²) in [5.41, 5.74) is 4.20. The van der Waals surface area contributed by atoms with Crippen molar-refractivity contribution in [1.29, 1.82) is 0 Å². The van der Waals surface area contributed by atoms with Gasteiger partial charge in [-0.15, -0.1) is 0 Å². The number of carboxylic acid groups (broad SMARTS) is 1. The second kappa shape index (κ2) is 4.70. The van der Waals surface area contributed by atoms with E-state index in [1.807, 2.05) is 6.07 Å². The maximum absolute atomic E-state index is 11.1. The number of anilines is 2. The van der Waals surface area contributed by atoms with Crippen molar-refractivity contribution in [3.05, 3.63) is 63.2 Å². The molecule has 0 amide bonds. The van der Waals surface area contributed by atoms with E-state index >= 15 is 0 Å². The summed E-state index contributed by atoms with van der Waals surface area (Å²) in [5.74, 6) is -0.940. The number of nitro benzene ring substituents is 1. The molecule has 0 saturated carbocycles. The number of benzene rings is 2. The zero-order chi connectivity index (χ0) is 16.1. The summed E-state index contributed by atoms with van der Waals surface area (Å²) in [7, 11) is 0. The van der Waals surface area contributed by atoms with Crippen LogP contribution in [0.15, 0.2) is 36.4 Å². The summed E-state index contributed by atoms with van der Waals surface area (Å²) in [6.45, 7) is 1.87. The fourth-order valence-electron chi connectivity index (χ4n) is 3.31. The van der Waals surface area contributed by atoms with Crippen LogP contribution in [0.2, 0.25) is 0 Å². The molecule has 2 aromatic carbocycles. The van der Waals surface area contributed by atoms with Gasteiger partial charge in [0.25, 0.3) is 5.69 Å². The second-order valence-electron chi connectivity index (χ2n) is 5.76. The van der Waals surface area contributed by atoms with Gasteiger partial charge in [0.1, 0.15) is 0 Å². The standard InChI is InChI=1S/C16H13N3O4/c20-16(21)10-1-3-14-11(5-10)7-17-9-18(14)8-12-6-13(19(22)23)2-4-15(12)17/h1-6H,7-9H2,(H,20,21). The van der Waals surface area contributed by atoms with E-state index in [1.165, 1.54) is 6.07 Å².